The van der Waals surface area contributed by atoms with Gasteiger partial charge < -0.3 is 24.7 Å². The van der Waals surface area contributed by atoms with Gasteiger partial charge in [-0.1, -0.05) is 18.6 Å². The van der Waals surface area contributed by atoms with Gasteiger partial charge in [-0.25, -0.2) is 0 Å². The number of alkyl halides is 2. The molecule has 2 heterocycles. The van der Waals surface area contributed by atoms with Crippen LogP contribution >= 0.6 is 0 Å². The first-order chi connectivity index (χ1) is 14.6. The van der Waals surface area contributed by atoms with Crippen LogP contribution in [0.2, 0.25) is 0 Å². The third kappa shape index (κ3) is 5.58. The number of ether oxygens (including phenoxy) is 2. The molecule has 8 nitrogen and oxygen atoms in total. The lowest BCUT2D eigenvalue weighted by Crippen LogP contribution is -2.37. The Morgan fingerprint density at radius 1 is 1.20 bits per heavy atom. The molecular weight excluding hydrogens is 394 g/mol. The molecule has 3 rings (SSSR count). The molecule has 1 aliphatic rings. The van der Waals surface area contributed by atoms with E-state index in [2.05, 4.69) is 30.4 Å². The lowest BCUT2D eigenvalue weighted by molar-refractivity contribution is -0.0520. The largest absolute Gasteiger partial charge is 0.490 e. The number of guanidine groups is 1. The van der Waals surface area contributed by atoms with Gasteiger partial charge in [0.25, 0.3) is 0 Å². The molecule has 0 amide bonds. The van der Waals surface area contributed by atoms with E-state index >= 15 is 0 Å². The molecule has 2 aromatic rings. The summed E-state index contributed by atoms with van der Waals surface area (Å²) in [6, 6.07) is 5.05. The van der Waals surface area contributed by atoms with Gasteiger partial charge in [0.05, 0.1) is 13.2 Å². The predicted molar refractivity (Wildman–Crippen MR) is 109 cm³/mol. The van der Waals surface area contributed by atoms with Gasteiger partial charge in [-0.15, -0.1) is 10.2 Å². The van der Waals surface area contributed by atoms with E-state index in [0.717, 1.165) is 37.5 Å². The fourth-order valence-electron chi connectivity index (χ4n) is 3.43. The maximum atomic E-state index is 12.9. The van der Waals surface area contributed by atoms with Crippen molar-refractivity contribution in [1.82, 2.24) is 25.4 Å². The molecule has 0 saturated carbocycles. The highest BCUT2D eigenvalue weighted by Crippen LogP contribution is 2.32. The minimum absolute atomic E-state index is 0.0279. The number of aryl methyl sites for hydroxylation is 1. The van der Waals surface area contributed by atoms with Crippen LogP contribution in [0.3, 0.4) is 0 Å². The van der Waals surface area contributed by atoms with E-state index in [9.17, 15) is 8.78 Å². The number of hydrogen-bond donors (Lipinski definition) is 2. The highest BCUT2D eigenvalue weighted by Gasteiger charge is 2.17. The van der Waals surface area contributed by atoms with Crippen molar-refractivity contribution in [3.05, 3.63) is 35.4 Å². The van der Waals surface area contributed by atoms with E-state index < -0.39 is 6.61 Å². The van der Waals surface area contributed by atoms with Crippen LogP contribution in [0.1, 0.15) is 43.4 Å². The second-order valence-corrected chi connectivity index (χ2v) is 6.83. The number of nitrogens with zero attached hydrogens (tertiary/aromatic N) is 4. The van der Waals surface area contributed by atoms with Crippen molar-refractivity contribution in [1.29, 1.82) is 0 Å². The normalized spacial score (nSPS) is 14.2. The Labute approximate surface area is 174 Å². The van der Waals surface area contributed by atoms with Crippen LogP contribution in [-0.2, 0) is 26.1 Å². The van der Waals surface area contributed by atoms with Crippen LogP contribution in [0.4, 0.5) is 8.78 Å². The molecule has 164 valence electrons. The first-order valence-electron chi connectivity index (χ1n) is 10.2. The fraction of sp³-hybridized carbons (Fsp3) is 0.550. The third-order valence-electron chi connectivity index (χ3n) is 4.84. The average molecular weight is 422 g/mol. The van der Waals surface area contributed by atoms with Gasteiger partial charge in [0, 0.05) is 32.1 Å². The second-order valence-electron chi connectivity index (χ2n) is 6.83. The first-order valence-corrected chi connectivity index (χ1v) is 10.2. The number of halogens is 2. The van der Waals surface area contributed by atoms with Crippen LogP contribution in [0.5, 0.6) is 11.5 Å². The molecule has 0 unspecified atom stereocenters. The molecule has 1 aromatic heterocycles. The quantitative estimate of drug-likeness (QED) is 0.503. The summed E-state index contributed by atoms with van der Waals surface area (Å²) in [5.74, 6) is 2.71. The number of aromatic nitrogens is 3. The van der Waals surface area contributed by atoms with Crippen molar-refractivity contribution in [2.75, 3.05) is 13.7 Å². The molecule has 0 saturated heterocycles. The molecule has 10 heteroatoms. The van der Waals surface area contributed by atoms with Crippen LogP contribution < -0.4 is 20.1 Å². The van der Waals surface area contributed by atoms with E-state index in [-0.39, 0.29) is 18.0 Å². The highest BCUT2D eigenvalue weighted by atomic mass is 19.3. The summed E-state index contributed by atoms with van der Waals surface area (Å²) in [5, 5.41) is 14.9. The Hall–Kier alpha value is -2.91. The number of aliphatic imine (C=N–C) groups is 1. The van der Waals surface area contributed by atoms with Crippen molar-refractivity contribution in [2.45, 2.75) is 58.9 Å². The zero-order chi connectivity index (χ0) is 21.3. The van der Waals surface area contributed by atoms with Crippen molar-refractivity contribution >= 4 is 5.96 Å². The van der Waals surface area contributed by atoms with E-state index in [1.165, 1.54) is 6.42 Å². The molecule has 1 aliphatic heterocycles. The van der Waals surface area contributed by atoms with Gasteiger partial charge in [0.15, 0.2) is 23.3 Å². The van der Waals surface area contributed by atoms with Gasteiger partial charge >= 0.3 is 6.61 Å². The fourth-order valence-corrected chi connectivity index (χ4v) is 3.43. The maximum Gasteiger partial charge on any atom is 0.387 e. The van der Waals surface area contributed by atoms with E-state index in [1.807, 2.05) is 0 Å². The Morgan fingerprint density at radius 2 is 2.03 bits per heavy atom. The van der Waals surface area contributed by atoms with E-state index in [1.54, 1.807) is 32.2 Å². The first kappa shape index (κ1) is 21.8. The topological polar surface area (TPSA) is 85.6 Å². The number of fused-ring (bicyclic) bond motifs is 1. The number of hydrogen-bond acceptors (Lipinski definition) is 5. The summed E-state index contributed by atoms with van der Waals surface area (Å²) >= 11 is 0. The SMILES string of the molecule is CCOc1cccc(CNC(=NC)NCc2nnc3n2CCCCC3)c1OC(F)F. The van der Waals surface area contributed by atoms with Gasteiger partial charge in [-0.05, 0) is 25.8 Å². The zero-order valence-electron chi connectivity index (χ0n) is 17.3. The molecule has 0 bridgehead atoms. The number of nitrogens with one attached hydrogen (secondary N) is 2. The minimum atomic E-state index is -2.94. The van der Waals surface area contributed by atoms with Crippen LogP contribution in [0, 0.1) is 0 Å². The van der Waals surface area contributed by atoms with Crippen LogP contribution in [0.25, 0.3) is 0 Å². The Morgan fingerprint density at radius 3 is 2.80 bits per heavy atom. The Kier molecular flexibility index (Phi) is 7.81. The van der Waals surface area contributed by atoms with Gasteiger partial charge in [-0.2, -0.15) is 8.78 Å². The number of rotatable bonds is 8. The van der Waals surface area contributed by atoms with Gasteiger partial charge in [0.1, 0.15) is 5.82 Å². The molecule has 0 fully saturated rings. The summed E-state index contributed by atoms with van der Waals surface area (Å²) in [6.45, 7) is 0.818. The van der Waals surface area contributed by atoms with Crippen molar-refractivity contribution in [2.24, 2.45) is 4.99 Å². The third-order valence-corrected chi connectivity index (χ3v) is 4.84. The zero-order valence-corrected chi connectivity index (χ0v) is 17.3. The van der Waals surface area contributed by atoms with Gasteiger partial charge in [0.2, 0.25) is 0 Å². The van der Waals surface area contributed by atoms with Crippen LogP contribution in [-0.4, -0.2) is 41.0 Å². The summed E-state index contributed by atoms with van der Waals surface area (Å²) in [7, 11) is 1.65. The Bertz CT molecular complexity index is 856. The van der Waals surface area contributed by atoms with Gasteiger partial charge in [-0.3, -0.25) is 4.99 Å². The number of benzene rings is 1. The second kappa shape index (κ2) is 10.7. The van der Waals surface area contributed by atoms with Crippen molar-refractivity contribution in [3.63, 3.8) is 0 Å². The molecule has 0 atom stereocenters. The standard InChI is InChI=1S/C20H28F2N6O2/c1-3-29-15-9-7-8-14(18(15)30-19(21)22)12-24-20(23-2)25-13-17-27-26-16-10-5-4-6-11-28(16)17/h7-9,19H,3-6,10-13H2,1-2H3,(H2,23,24,25). The molecule has 0 aliphatic carbocycles. The van der Waals surface area contributed by atoms with Crippen molar-refractivity contribution in [3.8, 4) is 11.5 Å². The molecule has 30 heavy (non-hydrogen) atoms. The molecule has 0 radical (unpaired) electrons. The molecule has 1 aromatic carbocycles. The predicted octanol–water partition coefficient (Wildman–Crippen LogP) is 2.87. The smallest absolute Gasteiger partial charge is 0.387 e. The molecule has 0 spiro atoms. The number of para-hydroxylation sites is 1. The average Bonchev–Trinajstić information content (AvgIpc) is 2.96. The molecule has 2 N–H and O–H groups in total. The van der Waals surface area contributed by atoms with Crippen molar-refractivity contribution < 1.29 is 18.3 Å². The summed E-state index contributed by atoms with van der Waals surface area (Å²) < 4.78 is 38.1. The minimum Gasteiger partial charge on any atom is -0.490 e. The monoisotopic (exact) mass is 422 g/mol. The van der Waals surface area contributed by atoms with E-state index in [4.69, 9.17) is 9.47 Å². The molecular formula is C20H28F2N6O2. The maximum absolute atomic E-state index is 12.9. The highest BCUT2D eigenvalue weighted by molar-refractivity contribution is 5.79. The summed E-state index contributed by atoms with van der Waals surface area (Å²) in [5.41, 5.74) is 0.542. The lowest BCUT2D eigenvalue weighted by atomic mass is 10.2. The summed E-state index contributed by atoms with van der Waals surface area (Å²) in [4.78, 5) is 4.20. The summed E-state index contributed by atoms with van der Waals surface area (Å²) in [6.07, 6.45) is 4.40. The lowest BCUT2D eigenvalue weighted by Gasteiger charge is -2.17. The van der Waals surface area contributed by atoms with E-state index in [0.29, 0.717) is 24.7 Å². The van der Waals surface area contributed by atoms with Crippen LogP contribution in [0.15, 0.2) is 23.2 Å². The Balaban J connectivity index is 1.63.